The molecular formula is C14H17N3O3S2. The molecule has 0 aliphatic heterocycles. The van der Waals surface area contributed by atoms with Gasteiger partial charge in [-0.25, -0.2) is 0 Å². The summed E-state index contributed by atoms with van der Waals surface area (Å²) in [6, 6.07) is 5.74. The van der Waals surface area contributed by atoms with Crippen molar-refractivity contribution in [3.8, 4) is 11.5 Å². The predicted molar refractivity (Wildman–Crippen MR) is 86.9 cm³/mol. The first-order valence-electron chi connectivity index (χ1n) is 6.59. The lowest BCUT2D eigenvalue weighted by Crippen LogP contribution is -2.27. The van der Waals surface area contributed by atoms with Crippen LogP contribution in [-0.2, 0) is 11.2 Å². The van der Waals surface area contributed by atoms with Crippen molar-refractivity contribution < 1.29 is 14.3 Å². The fraction of sp³-hybridized carbons (Fsp3) is 0.357. The van der Waals surface area contributed by atoms with Crippen molar-refractivity contribution in [1.82, 2.24) is 15.5 Å². The molecule has 2 aromatic rings. The van der Waals surface area contributed by atoms with Gasteiger partial charge >= 0.3 is 0 Å². The number of hydrogen-bond donors (Lipinski definition) is 1. The maximum Gasteiger partial charge on any atom is 0.230 e. The Bertz CT molecular complexity index is 605. The maximum absolute atomic E-state index is 11.7. The van der Waals surface area contributed by atoms with Crippen molar-refractivity contribution in [3.05, 3.63) is 29.3 Å². The number of amides is 1. The van der Waals surface area contributed by atoms with E-state index in [0.717, 1.165) is 16.3 Å². The summed E-state index contributed by atoms with van der Waals surface area (Å²) in [7, 11) is 3.21. The molecule has 1 aromatic carbocycles. The Morgan fingerprint density at radius 1 is 1.32 bits per heavy atom. The van der Waals surface area contributed by atoms with Crippen LogP contribution in [-0.4, -0.2) is 42.6 Å². The van der Waals surface area contributed by atoms with E-state index in [1.54, 1.807) is 19.7 Å². The highest BCUT2D eigenvalue weighted by atomic mass is 32.2. The minimum absolute atomic E-state index is 0.0133. The van der Waals surface area contributed by atoms with Gasteiger partial charge in [-0.1, -0.05) is 29.2 Å². The Hall–Kier alpha value is -1.80. The number of ether oxygens (including phenoxy) is 2. The zero-order valence-electron chi connectivity index (χ0n) is 12.4. The molecule has 6 nitrogen and oxygen atoms in total. The lowest BCUT2D eigenvalue weighted by molar-refractivity contribution is -0.118. The van der Waals surface area contributed by atoms with Gasteiger partial charge in [-0.2, -0.15) is 0 Å². The van der Waals surface area contributed by atoms with E-state index >= 15 is 0 Å². The molecule has 0 fully saturated rings. The van der Waals surface area contributed by atoms with Crippen LogP contribution in [0.5, 0.6) is 11.5 Å². The van der Waals surface area contributed by atoms with Crippen LogP contribution in [0, 0.1) is 0 Å². The number of benzene rings is 1. The lowest BCUT2D eigenvalue weighted by atomic mass is 10.1. The topological polar surface area (TPSA) is 73.3 Å². The standard InChI is InChI=1S/C14H17N3O3S2/c1-19-11-4-3-10(7-12(11)20-2)5-6-15-13(18)8-21-14-17-16-9-22-14/h3-4,7,9H,5-6,8H2,1-2H3,(H,15,18). The van der Waals surface area contributed by atoms with E-state index in [0.29, 0.717) is 23.8 Å². The first-order valence-corrected chi connectivity index (χ1v) is 8.46. The second-order valence-electron chi connectivity index (χ2n) is 4.28. The molecule has 8 heteroatoms. The highest BCUT2D eigenvalue weighted by Gasteiger charge is 2.07. The molecule has 118 valence electrons. The Morgan fingerprint density at radius 3 is 2.82 bits per heavy atom. The Labute approximate surface area is 137 Å². The van der Waals surface area contributed by atoms with Gasteiger partial charge in [0.25, 0.3) is 0 Å². The number of carbonyl (C=O) groups is 1. The number of hydrogen-bond acceptors (Lipinski definition) is 7. The van der Waals surface area contributed by atoms with E-state index < -0.39 is 0 Å². The molecule has 0 bridgehead atoms. The zero-order chi connectivity index (χ0) is 15.8. The van der Waals surface area contributed by atoms with E-state index in [2.05, 4.69) is 15.5 Å². The van der Waals surface area contributed by atoms with Crippen molar-refractivity contribution in [2.75, 3.05) is 26.5 Å². The molecule has 0 aliphatic carbocycles. The Morgan fingerprint density at radius 2 is 2.14 bits per heavy atom. The molecule has 1 amide bonds. The third-order valence-corrected chi connectivity index (χ3v) is 4.71. The van der Waals surface area contributed by atoms with Gasteiger partial charge in [-0.15, -0.1) is 10.2 Å². The molecule has 0 radical (unpaired) electrons. The largest absolute Gasteiger partial charge is 0.493 e. The van der Waals surface area contributed by atoms with Gasteiger partial charge in [0, 0.05) is 6.54 Å². The molecule has 0 spiro atoms. The minimum Gasteiger partial charge on any atom is -0.493 e. The van der Waals surface area contributed by atoms with E-state index in [1.165, 1.54) is 23.1 Å². The van der Waals surface area contributed by atoms with E-state index in [4.69, 9.17) is 9.47 Å². The van der Waals surface area contributed by atoms with E-state index in [-0.39, 0.29) is 5.91 Å². The highest BCUT2D eigenvalue weighted by Crippen LogP contribution is 2.27. The van der Waals surface area contributed by atoms with Crippen LogP contribution in [0.25, 0.3) is 0 Å². The summed E-state index contributed by atoms with van der Waals surface area (Å²) >= 11 is 2.82. The first kappa shape index (κ1) is 16.6. The average Bonchev–Trinajstić information content (AvgIpc) is 3.06. The molecular weight excluding hydrogens is 322 g/mol. The number of nitrogens with one attached hydrogen (secondary N) is 1. The molecule has 0 atom stereocenters. The SMILES string of the molecule is COc1ccc(CCNC(=O)CSc2nncs2)cc1OC. The zero-order valence-corrected chi connectivity index (χ0v) is 14.0. The summed E-state index contributed by atoms with van der Waals surface area (Å²) in [5.41, 5.74) is 2.73. The van der Waals surface area contributed by atoms with Crippen molar-refractivity contribution in [2.45, 2.75) is 10.8 Å². The number of thioether (sulfide) groups is 1. The van der Waals surface area contributed by atoms with Crippen LogP contribution in [0.4, 0.5) is 0 Å². The number of nitrogens with zero attached hydrogens (tertiary/aromatic N) is 2. The van der Waals surface area contributed by atoms with Crippen LogP contribution in [0.15, 0.2) is 28.0 Å². The van der Waals surface area contributed by atoms with Crippen molar-refractivity contribution in [1.29, 1.82) is 0 Å². The average molecular weight is 339 g/mol. The van der Waals surface area contributed by atoms with Gasteiger partial charge in [-0.3, -0.25) is 4.79 Å². The minimum atomic E-state index is -0.0133. The van der Waals surface area contributed by atoms with Gasteiger partial charge in [0.05, 0.1) is 20.0 Å². The van der Waals surface area contributed by atoms with Crippen molar-refractivity contribution in [3.63, 3.8) is 0 Å². The third-order valence-electron chi connectivity index (χ3n) is 2.85. The summed E-state index contributed by atoms with van der Waals surface area (Å²) < 4.78 is 11.3. The highest BCUT2D eigenvalue weighted by molar-refractivity contribution is 8.01. The number of rotatable bonds is 8. The third kappa shape index (κ3) is 4.88. The van der Waals surface area contributed by atoms with Crippen LogP contribution >= 0.6 is 23.1 Å². The van der Waals surface area contributed by atoms with E-state index in [1.807, 2.05) is 18.2 Å². The molecule has 0 saturated heterocycles. The normalized spacial score (nSPS) is 10.3. The van der Waals surface area contributed by atoms with Crippen LogP contribution in [0.2, 0.25) is 0 Å². The van der Waals surface area contributed by atoms with Gasteiger partial charge in [0.1, 0.15) is 5.51 Å². The van der Waals surface area contributed by atoms with Crippen molar-refractivity contribution in [2.24, 2.45) is 0 Å². The summed E-state index contributed by atoms with van der Waals surface area (Å²) in [4.78, 5) is 11.7. The number of carbonyl (C=O) groups excluding carboxylic acids is 1. The number of aromatic nitrogens is 2. The van der Waals surface area contributed by atoms with Gasteiger partial charge < -0.3 is 14.8 Å². The summed E-state index contributed by atoms with van der Waals surface area (Å²) in [6.45, 7) is 0.574. The van der Waals surface area contributed by atoms with Crippen molar-refractivity contribution >= 4 is 29.0 Å². The van der Waals surface area contributed by atoms with Crippen LogP contribution in [0.1, 0.15) is 5.56 Å². The van der Waals surface area contributed by atoms with Gasteiger partial charge in [0.15, 0.2) is 15.8 Å². The molecule has 22 heavy (non-hydrogen) atoms. The van der Waals surface area contributed by atoms with Gasteiger partial charge in [-0.05, 0) is 24.1 Å². The summed E-state index contributed by atoms with van der Waals surface area (Å²) in [6.07, 6.45) is 0.732. The summed E-state index contributed by atoms with van der Waals surface area (Å²) in [5.74, 6) is 1.73. The molecule has 1 N–H and O–H groups in total. The van der Waals surface area contributed by atoms with E-state index in [9.17, 15) is 4.79 Å². The fourth-order valence-electron chi connectivity index (χ4n) is 1.79. The second-order valence-corrected chi connectivity index (χ2v) is 6.34. The molecule has 2 rings (SSSR count). The quantitative estimate of drug-likeness (QED) is 0.742. The molecule has 0 aliphatic rings. The first-order chi connectivity index (χ1) is 10.7. The lowest BCUT2D eigenvalue weighted by Gasteiger charge is -2.10. The van der Waals surface area contributed by atoms with Crippen LogP contribution < -0.4 is 14.8 Å². The molecule has 1 aromatic heterocycles. The maximum atomic E-state index is 11.7. The summed E-state index contributed by atoms with van der Waals surface area (Å²) in [5, 5.41) is 10.5. The fourth-order valence-corrected chi connectivity index (χ4v) is 3.10. The Kier molecular flexibility index (Phi) is 6.47. The number of methoxy groups -OCH3 is 2. The molecule has 1 heterocycles. The Balaban J connectivity index is 1.74. The predicted octanol–water partition coefficient (Wildman–Crippen LogP) is 2.01. The smallest absolute Gasteiger partial charge is 0.230 e. The molecule has 0 unspecified atom stereocenters. The van der Waals surface area contributed by atoms with Crippen LogP contribution in [0.3, 0.4) is 0 Å². The monoisotopic (exact) mass is 339 g/mol. The second kappa shape index (κ2) is 8.60. The van der Waals surface area contributed by atoms with Gasteiger partial charge in [0.2, 0.25) is 5.91 Å². The molecule has 0 saturated carbocycles.